The molecular formula is C15H19F2N3. The number of nitrogens with zero attached hydrogens (tertiary/aromatic N) is 3. The Hall–Kier alpha value is -1.49. The van der Waals surface area contributed by atoms with Gasteiger partial charge in [-0.15, -0.1) is 0 Å². The van der Waals surface area contributed by atoms with Crippen LogP contribution < -0.4 is 0 Å². The number of halogens is 2. The van der Waals surface area contributed by atoms with Gasteiger partial charge in [0.15, 0.2) is 0 Å². The highest BCUT2D eigenvalue weighted by Gasteiger charge is 2.35. The first-order valence-electron chi connectivity index (χ1n) is 6.90. The summed E-state index contributed by atoms with van der Waals surface area (Å²) in [6.07, 6.45) is 4.05. The van der Waals surface area contributed by atoms with Crippen molar-refractivity contribution in [3.63, 3.8) is 0 Å². The first-order chi connectivity index (χ1) is 9.49. The SMILES string of the molecule is Cc1c(C2=CC3CCN(C)C3C=C2C(F)F)cnn1C. The van der Waals surface area contributed by atoms with E-state index in [4.69, 9.17) is 0 Å². The van der Waals surface area contributed by atoms with E-state index in [1.54, 1.807) is 17.0 Å². The molecule has 2 unspecified atom stereocenters. The Morgan fingerprint density at radius 2 is 2.05 bits per heavy atom. The molecule has 1 saturated heterocycles. The fourth-order valence-corrected chi connectivity index (χ4v) is 3.21. The largest absolute Gasteiger partial charge is 0.299 e. The minimum atomic E-state index is -2.45. The summed E-state index contributed by atoms with van der Waals surface area (Å²) in [5, 5.41) is 4.18. The van der Waals surface area contributed by atoms with Crippen LogP contribution in [0.2, 0.25) is 0 Å². The maximum absolute atomic E-state index is 13.4. The van der Waals surface area contributed by atoms with Crippen molar-refractivity contribution < 1.29 is 8.78 Å². The number of likely N-dealkylation sites (tertiary alicyclic amines) is 1. The van der Waals surface area contributed by atoms with Gasteiger partial charge in [-0.3, -0.25) is 9.58 Å². The predicted octanol–water partition coefficient (Wildman–Crippen LogP) is 2.64. The van der Waals surface area contributed by atoms with E-state index in [0.717, 1.165) is 24.2 Å². The van der Waals surface area contributed by atoms with Crippen LogP contribution in [-0.4, -0.2) is 40.7 Å². The summed E-state index contributed by atoms with van der Waals surface area (Å²) in [6, 6.07) is 0.111. The van der Waals surface area contributed by atoms with Crippen LogP contribution >= 0.6 is 0 Å². The third-order valence-corrected chi connectivity index (χ3v) is 4.57. The van der Waals surface area contributed by atoms with Crippen LogP contribution in [0, 0.1) is 12.8 Å². The van der Waals surface area contributed by atoms with Gasteiger partial charge in [-0.1, -0.05) is 12.2 Å². The number of fused-ring (bicyclic) bond motifs is 1. The lowest BCUT2D eigenvalue weighted by Crippen LogP contribution is -2.30. The average Bonchev–Trinajstić information content (AvgIpc) is 2.93. The summed E-state index contributed by atoms with van der Waals surface area (Å²) < 4.78 is 28.6. The molecular weight excluding hydrogens is 260 g/mol. The molecule has 0 spiro atoms. The maximum Gasteiger partial charge on any atom is 0.264 e. The van der Waals surface area contributed by atoms with Crippen molar-refractivity contribution in [1.29, 1.82) is 0 Å². The van der Waals surface area contributed by atoms with Crippen molar-refractivity contribution in [2.24, 2.45) is 13.0 Å². The zero-order valence-electron chi connectivity index (χ0n) is 12.0. The lowest BCUT2D eigenvalue weighted by atomic mass is 9.84. The number of aromatic nitrogens is 2. The van der Waals surface area contributed by atoms with Gasteiger partial charge in [-0.05, 0) is 38.4 Å². The second-order valence-corrected chi connectivity index (χ2v) is 5.69. The minimum absolute atomic E-state index is 0.111. The van der Waals surface area contributed by atoms with Crippen LogP contribution in [0.3, 0.4) is 0 Å². The first-order valence-corrected chi connectivity index (χ1v) is 6.90. The van der Waals surface area contributed by atoms with Crippen molar-refractivity contribution in [1.82, 2.24) is 14.7 Å². The van der Waals surface area contributed by atoms with E-state index in [0.29, 0.717) is 11.5 Å². The Balaban J connectivity index is 2.07. The Morgan fingerprint density at radius 1 is 1.30 bits per heavy atom. The molecule has 5 heteroatoms. The van der Waals surface area contributed by atoms with Gasteiger partial charge in [-0.2, -0.15) is 5.10 Å². The van der Waals surface area contributed by atoms with Gasteiger partial charge in [0.05, 0.1) is 6.20 Å². The van der Waals surface area contributed by atoms with Crippen LogP contribution in [0.1, 0.15) is 17.7 Å². The third-order valence-electron chi connectivity index (χ3n) is 4.57. The van der Waals surface area contributed by atoms with Crippen LogP contribution in [0.15, 0.2) is 23.9 Å². The van der Waals surface area contributed by atoms with Crippen molar-refractivity contribution >= 4 is 5.57 Å². The number of hydrogen-bond acceptors (Lipinski definition) is 2. The van der Waals surface area contributed by atoms with E-state index in [2.05, 4.69) is 10.00 Å². The Kier molecular flexibility index (Phi) is 3.24. The summed E-state index contributed by atoms with van der Waals surface area (Å²) in [4.78, 5) is 2.15. The highest BCUT2D eigenvalue weighted by atomic mass is 19.3. The zero-order valence-corrected chi connectivity index (χ0v) is 12.0. The molecule has 1 fully saturated rings. The Labute approximate surface area is 117 Å². The molecule has 1 aliphatic carbocycles. The number of rotatable bonds is 2. The summed E-state index contributed by atoms with van der Waals surface area (Å²) >= 11 is 0. The molecule has 3 nitrogen and oxygen atoms in total. The third kappa shape index (κ3) is 2.00. The molecule has 1 aliphatic heterocycles. The number of alkyl halides is 2. The topological polar surface area (TPSA) is 21.1 Å². The van der Waals surface area contributed by atoms with Gasteiger partial charge in [-0.25, -0.2) is 8.78 Å². The molecule has 0 radical (unpaired) electrons. The second-order valence-electron chi connectivity index (χ2n) is 5.69. The van der Waals surface area contributed by atoms with Crippen LogP contribution in [0.25, 0.3) is 5.57 Å². The Morgan fingerprint density at radius 3 is 2.65 bits per heavy atom. The standard InChI is InChI=1S/C15H19F2N3/c1-9-13(8-18-20(9)3)11-6-10-4-5-19(2)14(10)7-12(11)15(16)17/h6-8,10,14-15H,4-5H2,1-3H3. The van der Waals surface area contributed by atoms with Gasteiger partial charge >= 0.3 is 0 Å². The van der Waals surface area contributed by atoms with E-state index in [1.165, 1.54) is 0 Å². The molecule has 0 bridgehead atoms. The molecule has 2 aliphatic rings. The van der Waals surface area contributed by atoms with Gasteiger partial charge in [0.25, 0.3) is 6.43 Å². The summed E-state index contributed by atoms with van der Waals surface area (Å²) in [7, 11) is 3.83. The van der Waals surface area contributed by atoms with Crippen LogP contribution in [-0.2, 0) is 7.05 Å². The van der Waals surface area contributed by atoms with Crippen molar-refractivity contribution in [3.8, 4) is 0 Å². The normalized spacial score (nSPS) is 26.7. The maximum atomic E-state index is 13.4. The zero-order chi connectivity index (χ0) is 14.4. The predicted molar refractivity (Wildman–Crippen MR) is 74.5 cm³/mol. The van der Waals surface area contributed by atoms with Gasteiger partial charge in [0, 0.05) is 29.9 Å². The number of hydrogen-bond donors (Lipinski definition) is 0. The highest BCUT2D eigenvalue weighted by Crippen LogP contribution is 2.40. The number of likely N-dealkylation sites (N-methyl/N-ethyl adjacent to an activating group) is 1. The van der Waals surface area contributed by atoms with Gasteiger partial charge < -0.3 is 0 Å². The fourth-order valence-electron chi connectivity index (χ4n) is 3.21. The minimum Gasteiger partial charge on any atom is -0.299 e. The summed E-state index contributed by atoms with van der Waals surface area (Å²) in [6.45, 7) is 2.87. The lowest BCUT2D eigenvalue weighted by Gasteiger charge is -2.27. The quantitative estimate of drug-likeness (QED) is 0.830. The average molecular weight is 279 g/mol. The molecule has 1 aromatic heterocycles. The van der Waals surface area contributed by atoms with E-state index < -0.39 is 6.43 Å². The van der Waals surface area contributed by atoms with Crippen molar-refractivity contribution in [3.05, 3.63) is 35.2 Å². The molecule has 2 heterocycles. The van der Waals surface area contributed by atoms with Crippen molar-refractivity contribution in [2.75, 3.05) is 13.6 Å². The molecule has 1 aromatic rings. The van der Waals surface area contributed by atoms with Crippen LogP contribution in [0.5, 0.6) is 0 Å². The molecule has 0 N–H and O–H groups in total. The van der Waals surface area contributed by atoms with E-state index >= 15 is 0 Å². The van der Waals surface area contributed by atoms with E-state index in [9.17, 15) is 8.78 Å². The smallest absolute Gasteiger partial charge is 0.264 e. The van der Waals surface area contributed by atoms with Gasteiger partial charge in [0.2, 0.25) is 0 Å². The fraction of sp³-hybridized carbons (Fsp3) is 0.533. The van der Waals surface area contributed by atoms with Crippen LogP contribution in [0.4, 0.5) is 8.78 Å². The second kappa shape index (κ2) is 4.81. The molecule has 20 heavy (non-hydrogen) atoms. The van der Waals surface area contributed by atoms with Crippen molar-refractivity contribution in [2.45, 2.75) is 25.8 Å². The number of allylic oxidation sites excluding steroid dienone is 2. The molecule has 0 amide bonds. The number of aryl methyl sites for hydroxylation is 1. The van der Waals surface area contributed by atoms with E-state index in [1.807, 2.05) is 27.1 Å². The van der Waals surface area contributed by atoms with E-state index in [-0.39, 0.29) is 11.6 Å². The lowest BCUT2D eigenvalue weighted by molar-refractivity contribution is 0.192. The summed E-state index contributed by atoms with van der Waals surface area (Å²) in [5.41, 5.74) is 2.57. The molecule has 108 valence electrons. The Bertz CT molecular complexity index is 586. The molecule has 3 rings (SSSR count). The van der Waals surface area contributed by atoms with Gasteiger partial charge in [0.1, 0.15) is 0 Å². The first kappa shape index (κ1) is 13.5. The summed E-state index contributed by atoms with van der Waals surface area (Å²) in [5.74, 6) is 0.331. The molecule has 0 aromatic carbocycles. The molecule has 2 atom stereocenters. The highest BCUT2D eigenvalue weighted by molar-refractivity contribution is 5.82. The monoisotopic (exact) mass is 279 g/mol. The molecule has 0 saturated carbocycles.